The van der Waals surface area contributed by atoms with Crippen molar-refractivity contribution in [3.63, 3.8) is 0 Å². The molecule has 8 heteroatoms. The number of esters is 2. The minimum atomic E-state index is -0.706. The van der Waals surface area contributed by atoms with E-state index in [9.17, 15) is 19.2 Å². The minimum Gasteiger partial charge on any atom is -0.393 e. The number of nitrogens with zero attached hydrogens (tertiary/aromatic N) is 1. The SMILES string of the molecule is CC(=O)Nc1nc(C)c(CCC(=O)OC(C)=O)c(=O)[nH]1. The normalized spacial score (nSPS) is 9.95. The molecule has 0 bridgehead atoms. The van der Waals surface area contributed by atoms with Crippen LogP contribution in [-0.4, -0.2) is 27.8 Å². The lowest BCUT2D eigenvalue weighted by Gasteiger charge is -2.06. The Bertz CT molecular complexity index is 606. The van der Waals surface area contributed by atoms with Gasteiger partial charge < -0.3 is 4.74 Å². The Morgan fingerprint density at radius 1 is 1.30 bits per heavy atom. The Morgan fingerprint density at radius 3 is 2.45 bits per heavy atom. The van der Waals surface area contributed by atoms with Crippen LogP contribution in [0.1, 0.15) is 31.5 Å². The molecule has 0 saturated heterocycles. The van der Waals surface area contributed by atoms with Crippen molar-refractivity contribution in [3.8, 4) is 0 Å². The van der Waals surface area contributed by atoms with Gasteiger partial charge in [0, 0.05) is 25.1 Å². The predicted octanol–water partition coefficient (Wildman–Crippen LogP) is 0.0590. The molecule has 1 aromatic heterocycles. The summed E-state index contributed by atoms with van der Waals surface area (Å²) in [6.45, 7) is 4.01. The first-order valence-corrected chi connectivity index (χ1v) is 5.88. The molecule has 0 saturated carbocycles. The Morgan fingerprint density at radius 2 is 1.95 bits per heavy atom. The van der Waals surface area contributed by atoms with Gasteiger partial charge >= 0.3 is 11.9 Å². The Balaban J connectivity index is 2.81. The maximum atomic E-state index is 11.8. The molecule has 1 amide bonds. The highest BCUT2D eigenvalue weighted by atomic mass is 16.6. The van der Waals surface area contributed by atoms with Crippen molar-refractivity contribution >= 4 is 23.8 Å². The molecule has 1 aromatic rings. The number of rotatable bonds is 4. The fourth-order valence-corrected chi connectivity index (χ4v) is 1.57. The van der Waals surface area contributed by atoms with Gasteiger partial charge in [-0.05, 0) is 13.3 Å². The Labute approximate surface area is 114 Å². The van der Waals surface area contributed by atoms with Crippen molar-refractivity contribution in [1.82, 2.24) is 9.97 Å². The molecule has 0 atom stereocenters. The lowest BCUT2D eigenvalue weighted by Crippen LogP contribution is -2.22. The van der Waals surface area contributed by atoms with E-state index in [0.29, 0.717) is 11.3 Å². The third kappa shape index (κ3) is 4.63. The standard InChI is InChI=1S/C12H15N3O5/c1-6-9(4-5-10(18)20-8(3)17)11(19)15-12(13-6)14-7(2)16/h4-5H2,1-3H3,(H2,13,14,15,16,19). The summed E-state index contributed by atoms with van der Waals surface area (Å²) in [6.07, 6.45) is -0.00864. The fraction of sp³-hybridized carbons (Fsp3) is 0.417. The first-order valence-electron chi connectivity index (χ1n) is 5.88. The number of carbonyl (C=O) groups excluding carboxylic acids is 3. The van der Waals surface area contributed by atoms with E-state index in [-0.39, 0.29) is 24.7 Å². The summed E-state index contributed by atoms with van der Waals surface area (Å²) in [5.74, 6) is -1.71. The second-order valence-corrected chi connectivity index (χ2v) is 4.13. The zero-order valence-corrected chi connectivity index (χ0v) is 11.4. The first kappa shape index (κ1) is 15.5. The molecule has 0 unspecified atom stereocenters. The molecule has 0 spiro atoms. The third-order valence-electron chi connectivity index (χ3n) is 2.35. The number of ether oxygens (including phenoxy) is 1. The maximum absolute atomic E-state index is 11.8. The van der Waals surface area contributed by atoms with Crippen molar-refractivity contribution < 1.29 is 19.1 Å². The molecule has 0 fully saturated rings. The summed E-state index contributed by atoms with van der Waals surface area (Å²) < 4.78 is 4.36. The van der Waals surface area contributed by atoms with Gasteiger partial charge in [-0.3, -0.25) is 29.5 Å². The average molecular weight is 281 g/mol. The quantitative estimate of drug-likeness (QED) is 0.595. The van der Waals surface area contributed by atoms with E-state index in [1.54, 1.807) is 6.92 Å². The summed E-state index contributed by atoms with van der Waals surface area (Å²) in [4.78, 5) is 50.9. The number of carbonyl (C=O) groups is 3. The monoisotopic (exact) mass is 281 g/mol. The smallest absolute Gasteiger partial charge is 0.313 e. The number of H-pyrrole nitrogens is 1. The van der Waals surface area contributed by atoms with Crippen molar-refractivity contribution in [3.05, 3.63) is 21.6 Å². The summed E-state index contributed by atoms with van der Waals surface area (Å²) >= 11 is 0. The van der Waals surface area contributed by atoms with Crippen molar-refractivity contribution in [2.75, 3.05) is 5.32 Å². The highest BCUT2D eigenvalue weighted by Crippen LogP contribution is 2.06. The van der Waals surface area contributed by atoms with Gasteiger partial charge in [-0.1, -0.05) is 0 Å². The molecular formula is C12H15N3O5. The van der Waals surface area contributed by atoms with Gasteiger partial charge in [0.1, 0.15) is 0 Å². The van der Waals surface area contributed by atoms with Crippen LogP contribution in [-0.2, 0) is 25.5 Å². The van der Waals surface area contributed by atoms with Gasteiger partial charge in [-0.2, -0.15) is 0 Å². The highest BCUT2D eigenvalue weighted by Gasteiger charge is 2.12. The molecule has 0 aliphatic rings. The average Bonchev–Trinajstić information content (AvgIpc) is 2.25. The molecule has 0 aromatic carbocycles. The van der Waals surface area contributed by atoms with Crippen molar-refractivity contribution in [2.45, 2.75) is 33.6 Å². The highest BCUT2D eigenvalue weighted by molar-refractivity contribution is 5.86. The minimum absolute atomic E-state index is 0.0510. The number of aryl methyl sites for hydroxylation is 1. The van der Waals surface area contributed by atoms with Crippen LogP contribution >= 0.6 is 0 Å². The van der Waals surface area contributed by atoms with Gasteiger partial charge in [0.05, 0.1) is 6.42 Å². The second kappa shape index (κ2) is 6.60. The molecule has 0 aliphatic heterocycles. The van der Waals surface area contributed by atoms with E-state index in [1.807, 2.05) is 0 Å². The van der Waals surface area contributed by atoms with E-state index in [4.69, 9.17) is 0 Å². The third-order valence-corrected chi connectivity index (χ3v) is 2.35. The van der Waals surface area contributed by atoms with Gasteiger partial charge in [0.2, 0.25) is 11.9 Å². The summed E-state index contributed by atoms with van der Waals surface area (Å²) in [5.41, 5.74) is 0.254. The van der Waals surface area contributed by atoms with E-state index in [0.717, 1.165) is 6.92 Å². The van der Waals surface area contributed by atoms with Crippen molar-refractivity contribution in [2.24, 2.45) is 0 Å². The summed E-state index contributed by atoms with van der Waals surface area (Å²) in [6, 6.07) is 0. The van der Waals surface area contributed by atoms with Gasteiger partial charge in [-0.25, -0.2) is 4.98 Å². The number of nitrogens with one attached hydrogen (secondary N) is 2. The van der Waals surface area contributed by atoms with E-state index in [1.165, 1.54) is 6.92 Å². The predicted molar refractivity (Wildman–Crippen MR) is 69.0 cm³/mol. The van der Waals surface area contributed by atoms with Crippen LogP contribution in [0.3, 0.4) is 0 Å². The molecule has 8 nitrogen and oxygen atoms in total. The van der Waals surface area contributed by atoms with Gasteiger partial charge in [0.15, 0.2) is 0 Å². The molecule has 1 rings (SSSR count). The molecule has 0 radical (unpaired) electrons. The van der Waals surface area contributed by atoms with Crippen LogP contribution in [0, 0.1) is 6.92 Å². The van der Waals surface area contributed by atoms with Crippen LogP contribution in [0.15, 0.2) is 4.79 Å². The second-order valence-electron chi connectivity index (χ2n) is 4.13. The Hall–Kier alpha value is -2.51. The number of amides is 1. The van der Waals surface area contributed by atoms with E-state index in [2.05, 4.69) is 20.0 Å². The molecule has 2 N–H and O–H groups in total. The van der Waals surface area contributed by atoms with Gasteiger partial charge in [-0.15, -0.1) is 0 Å². The maximum Gasteiger partial charge on any atom is 0.313 e. The number of hydrogen-bond donors (Lipinski definition) is 2. The number of hydrogen-bond acceptors (Lipinski definition) is 6. The molecule has 1 heterocycles. The van der Waals surface area contributed by atoms with Crippen LogP contribution in [0.5, 0.6) is 0 Å². The van der Waals surface area contributed by atoms with Crippen LogP contribution in [0.2, 0.25) is 0 Å². The molecular weight excluding hydrogens is 266 g/mol. The zero-order chi connectivity index (χ0) is 15.3. The first-order chi connectivity index (χ1) is 9.29. The van der Waals surface area contributed by atoms with Crippen LogP contribution in [0.25, 0.3) is 0 Å². The molecule has 20 heavy (non-hydrogen) atoms. The molecule has 108 valence electrons. The zero-order valence-electron chi connectivity index (χ0n) is 11.4. The lowest BCUT2D eigenvalue weighted by atomic mass is 10.1. The number of aromatic amines is 1. The number of anilines is 1. The Kier molecular flexibility index (Phi) is 5.13. The molecule has 0 aliphatic carbocycles. The van der Waals surface area contributed by atoms with E-state index < -0.39 is 17.5 Å². The van der Waals surface area contributed by atoms with Gasteiger partial charge in [0.25, 0.3) is 5.56 Å². The lowest BCUT2D eigenvalue weighted by molar-refractivity contribution is -0.158. The largest absolute Gasteiger partial charge is 0.393 e. The summed E-state index contributed by atoms with van der Waals surface area (Å²) in [5, 5.41) is 2.36. The van der Waals surface area contributed by atoms with Crippen molar-refractivity contribution in [1.29, 1.82) is 0 Å². The topological polar surface area (TPSA) is 118 Å². The van der Waals surface area contributed by atoms with Crippen LogP contribution < -0.4 is 10.9 Å². The number of aromatic nitrogens is 2. The summed E-state index contributed by atoms with van der Waals surface area (Å²) in [7, 11) is 0. The fourth-order valence-electron chi connectivity index (χ4n) is 1.57. The van der Waals surface area contributed by atoms with E-state index >= 15 is 0 Å². The van der Waals surface area contributed by atoms with Crippen LogP contribution in [0.4, 0.5) is 5.95 Å².